The van der Waals surface area contributed by atoms with Crippen molar-refractivity contribution in [3.8, 4) is 11.3 Å². The van der Waals surface area contributed by atoms with E-state index in [2.05, 4.69) is 47.4 Å². The van der Waals surface area contributed by atoms with Crippen molar-refractivity contribution in [2.75, 3.05) is 0 Å². The van der Waals surface area contributed by atoms with Gasteiger partial charge in [0.1, 0.15) is 0 Å². The molecule has 2 heterocycles. The number of fused-ring (bicyclic) bond motifs is 6. The number of nitrogens with zero attached hydrogens (tertiary/aromatic N) is 2. The van der Waals surface area contributed by atoms with E-state index in [4.69, 9.17) is 4.98 Å². The van der Waals surface area contributed by atoms with Crippen LogP contribution in [0.2, 0.25) is 0 Å². The van der Waals surface area contributed by atoms with Gasteiger partial charge in [0.05, 0.1) is 5.69 Å². The third-order valence-corrected chi connectivity index (χ3v) is 6.37. The average Bonchev–Trinajstić information content (AvgIpc) is 2.82. The largest absolute Gasteiger partial charge is 0.298 e. The van der Waals surface area contributed by atoms with Gasteiger partial charge in [0.2, 0.25) is 0 Å². The first kappa shape index (κ1) is 17.3. The first-order valence-corrected chi connectivity index (χ1v) is 10.5. The molecule has 0 saturated carbocycles. The number of carbonyl (C=O) groups excluding carboxylic acids is 1. The number of hydrogen-bond donors (Lipinski definition) is 0. The molecule has 0 fully saturated rings. The van der Waals surface area contributed by atoms with Crippen molar-refractivity contribution in [1.29, 1.82) is 0 Å². The fourth-order valence-electron chi connectivity index (χ4n) is 4.89. The zero-order valence-corrected chi connectivity index (χ0v) is 16.6. The molecule has 0 radical (unpaired) electrons. The van der Waals surface area contributed by atoms with Crippen molar-refractivity contribution in [1.82, 2.24) is 9.97 Å². The van der Waals surface area contributed by atoms with Gasteiger partial charge < -0.3 is 0 Å². The summed E-state index contributed by atoms with van der Waals surface area (Å²) in [6.45, 7) is 0. The van der Waals surface area contributed by atoms with E-state index in [0.29, 0.717) is 16.9 Å². The maximum absolute atomic E-state index is 11.8. The molecule has 144 valence electrons. The highest BCUT2D eigenvalue weighted by molar-refractivity contribution is 6.10. The van der Waals surface area contributed by atoms with Gasteiger partial charge in [0.15, 0.2) is 11.9 Å². The maximum Gasteiger partial charge on any atom is 0.159 e. The van der Waals surface area contributed by atoms with E-state index in [-0.39, 0.29) is 0 Å². The van der Waals surface area contributed by atoms with Crippen LogP contribution in [0.1, 0.15) is 34.3 Å². The topological polar surface area (TPSA) is 42.9 Å². The molecule has 0 unspecified atom stereocenters. The Labute approximate surface area is 174 Å². The van der Waals surface area contributed by atoms with E-state index in [1.165, 1.54) is 53.0 Å². The summed E-state index contributed by atoms with van der Waals surface area (Å²) in [4.78, 5) is 20.8. The number of rotatable bonds is 2. The van der Waals surface area contributed by atoms with Crippen LogP contribution in [-0.2, 0) is 12.8 Å². The lowest BCUT2D eigenvalue weighted by Crippen LogP contribution is -2.03. The fourth-order valence-corrected chi connectivity index (χ4v) is 4.89. The quantitative estimate of drug-likeness (QED) is 0.263. The average molecular weight is 388 g/mol. The SMILES string of the molecule is O=Cc1cc2cccnc2nc1-c1ccc2c(ccc3c4c(ccc32)CCCC4)c1. The second kappa shape index (κ2) is 6.74. The molecule has 2 aromatic heterocycles. The molecule has 3 aromatic carbocycles. The predicted molar refractivity (Wildman–Crippen MR) is 122 cm³/mol. The van der Waals surface area contributed by atoms with Crippen molar-refractivity contribution in [2.45, 2.75) is 25.7 Å². The first-order valence-electron chi connectivity index (χ1n) is 10.5. The van der Waals surface area contributed by atoms with Crippen LogP contribution in [0.25, 0.3) is 43.8 Å². The summed E-state index contributed by atoms with van der Waals surface area (Å²) in [7, 11) is 0. The monoisotopic (exact) mass is 388 g/mol. The molecule has 0 spiro atoms. The van der Waals surface area contributed by atoms with E-state index >= 15 is 0 Å². The second-order valence-electron chi connectivity index (χ2n) is 8.10. The van der Waals surface area contributed by atoms with Gasteiger partial charge in [-0.05, 0) is 82.6 Å². The fraction of sp³-hybridized carbons (Fsp3) is 0.148. The molecular weight excluding hydrogens is 368 g/mol. The highest BCUT2D eigenvalue weighted by Gasteiger charge is 2.15. The summed E-state index contributed by atoms with van der Waals surface area (Å²) >= 11 is 0. The Morgan fingerprint density at radius 1 is 0.800 bits per heavy atom. The van der Waals surface area contributed by atoms with Crippen LogP contribution in [-0.4, -0.2) is 16.3 Å². The number of hydrogen-bond acceptors (Lipinski definition) is 3. The lowest BCUT2D eigenvalue weighted by Gasteiger charge is -2.19. The number of aromatic nitrogens is 2. The first-order chi connectivity index (χ1) is 14.8. The minimum Gasteiger partial charge on any atom is -0.298 e. The standard InChI is InChI=1S/C27H20N2O/c30-16-21-15-20-5-3-13-28-27(20)29-26(21)19-9-10-23-18(14-19)8-12-24-22-6-2-1-4-17(22)7-11-25(23)24/h3,5,7-16H,1-2,4,6H2. The van der Waals surface area contributed by atoms with Gasteiger partial charge in [0.25, 0.3) is 0 Å². The number of benzene rings is 3. The summed E-state index contributed by atoms with van der Waals surface area (Å²) in [5, 5.41) is 5.98. The number of aldehydes is 1. The highest BCUT2D eigenvalue weighted by atomic mass is 16.1. The molecule has 0 N–H and O–H groups in total. The molecule has 0 bridgehead atoms. The summed E-state index contributed by atoms with van der Waals surface area (Å²) in [6, 6.07) is 21.1. The Bertz CT molecular complexity index is 1470. The zero-order chi connectivity index (χ0) is 20.1. The molecule has 30 heavy (non-hydrogen) atoms. The van der Waals surface area contributed by atoms with Gasteiger partial charge in [-0.1, -0.05) is 36.4 Å². The molecule has 0 aliphatic heterocycles. The zero-order valence-electron chi connectivity index (χ0n) is 16.6. The third-order valence-electron chi connectivity index (χ3n) is 6.37. The molecule has 0 saturated heterocycles. The Balaban J connectivity index is 1.56. The van der Waals surface area contributed by atoms with Crippen LogP contribution in [0.5, 0.6) is 0 Å². The van der Waals surface area contributed by atoms with E-state index < -0.39 is 0 Å². The van der Waals surface area contributed by atoms with Gasteiger partial charge in [-0.2, -0.15) is 0 Å². The predicted octanol–water partition coefficient (Wildman–Crippen LogP) is 6.29. The maximum atomic E-state index is 11.8. The van der Waals surface area contributed by atoms with Crippen molar-refractivity contribution in [2.24, 2.45) is 0 Å². The third kappa shape index (κ3) is 2.62. The molecule has 1 aliphatic rings. The van der Waals surface area contributed by atoms with Crippen molar-refractivity contribution < 1.29 is 4.79 Å². The van der Waals surface area contributed by atoms with Crippen LogP contribution in [0.4, 0.5) is 0 Å². The minimum atomic E-state index is 0.588. The molecule has 0 amide bonds. The molecule has 3 nitrogen and oxygen atoms in total. The number of aryl methyl sites for hydroxylation is 2. The van der Waals surface area contributed by atoms with Crippen molar-refractivity contribution in [3.63, 3.8) is 0 Å². The molecule has 1 aliphatic carbocycles. The second-order valence-corrected chi connectivity index (χ2v) is 8.10. The van der Waals surface area contributed by atoms with E-state index in [1.54, 1.807) is 6.20 Å². The van der Waals surface area contributed by atoms with Crippen LogP contribution >= 0.6 is 0 Å². The van der Waals surface area contributed by atoms with E-state index in [0.717, 1.165) is 22.6 Å². The van der Waals surface area contributed by atoms with Gasteiger partial charge in [-0.15, -0.1) is 0 Å². The van der Waals surface area contributed by atoms with E-state index in [9.17, 15) is 4.79 Å². The molecule has 6 rings (SSSR count). The summed E-state index contributed by atoms with van der Waals surface area (Å²) in [5.74, 6) is 0. The molecule has 5 aromatic rings. The Morgan fingerprint density at radius 2 is 1.67 bits per heavy atom. The van der Waals surface area contributed by atoms with Gasteiger partial charge >= 0.3 is 0 Å². The normalized spacial score (nSPS) is 13.6. The highest BCUT2D eigenvalue weighted by Crippen LogP contribution is 2.35. The molecule has 3 heteroatoms. The molecule has 0 atom stereocenters. The Morgan fingerprint density at radius 3 is 2.60 bits per heavy atom. The minimum absolute atomic E-state index is 0.588. The summed E-state index contributed by atoms with van der Waals surface area (Å²) in [6.07, 6.45) is 7.55. The number of pyridine rings is 2. The summed E-state index contributed by atoms with van der Waals surface area (Å²) in [5.41, 5.74) is 5.90. The Hall–Kier alpha value is -3.59. The van der Waals surface area contributed by atoms with Crippen molar-refractivity contribution >= 4 is 38.9 Å². The lowest BCUT2D eigenvalue weighted by molar-refractivity contribution is 0.112. The van der Waals surface area contributed by atoms with Crippen LogP contribution in [0, 0.1) is 0 Å². The van der Waals surface area contributed by atoms with Crippen LogP contribution in [0.15, 0.2) is 66.9 Å². The van der Waals surface area contributed by atoms with Crippen molar-refractivity contribution in [3.05, 3.63) is 83.6 Å². The summed E-state index contributed by atoms with van der Waals surface area (Å²) < 4.78 is 0. The van der Waals surface area contributed by atoms with Gasteiger partial charge in [-0.25, -0.2) is 9.97 Å². The van der Waals surface area contributed by atoms with Crippen LogP contribution < -0.4 is 0 Å². The Kier molecular flexibility index (Phi) is 3.88. The van der Waals surface area contributed by atoms with Gasteiger partial charge in [-0.3, -0.25) is 4.79 Å². The smallest absolute Gasteiger partial charge is 0.159 e. The molecular formula is C27H20N2O. The number of carbonyl (C=O) groups is 1. The van der Waals surface area contributed by atoms with E-state index in [1.807, 2.05) is 18.2 Å². The van der Waals surface area contributed by atoms with Gasteiger partial charge in [0, 0.05) is 22.7 Å². The lowest BCUT2D eigenvalue weighted by atomic mass is 9.86. The van der Waals surface area contributed by atoms with Crippen LogP contribution in [0.3, 0.4) is 0 Å².